The number of nitrogens with two attached hydrogens (primary N) is 1. The lowest BCUT2D eigenvalue weighted by Gasteiger charge is -2.22. The summed E-state index contributed by atoms with van der Waals surface area (Å²) in [4.78, 5) is 8.47. The van der Waals surface area contributed by atoms with Crippen LogP contribution in [0.2, 0.25) is 0 Å². The minimum Gasteiger partial charge on any atom is -0.388 e. The molecule has 2 rings (SSSR count). The minimum atomic E-state index is -0.622. The second kappa shape index (κ2) is 6.14. The summed E-state index contributed by atoms with van der Waals surface area (Å²) in [7, 11) is 1.58. The third-order valence-electron chi connectivity index (χ3n) is 3.33. The lowest BCUT2D eigenvalue weighted by Crippen LogP contribution is -2.33. The number of hydrazine groups is 1. The number of nitrogens with zero attached hydrogens (tertiary/aromatic N) is 2. The molecule has 7 nitrogen and oxygen atoms in total. The van der Waals surface area contributed by atoms with Crippen molar-refractivity contribution in [2.24, 2.45) is 5.84 Å². The maximum atomic E-state index is 10.3. The summed E-state index contributed by atoms with van der Waals surface area (Å²) in [5.41, 5.74) is 1.87. The molecule has 106 valence electrons. The first-order valence-corrected chi connectivity index (χ1v) is 6.45. The quantitative estimate of drug-likeness (QED) is 0.442. The molecule has 1 aromatic rings. The van der Waals surface area contributed by atoms with Crippen LogP contribution in [0, 0.1) is 0 Å². The van der Waals surface area contributed by atoms with Crippen LogP contribution in [0.1, 0.15) is 31.5 Å². The molecule has 1 heterocycles. The van der Waals surface area contributed by atoms with Gasteiger partial charge in [0, 0.05) is 19.7 Å². The second-order valence-electron chi connectivity index (χ2n) is 4.92. The van der Waals surface area contributed by atoms with Gasteiger partial charge in [0.1, 0.15) is 18.2 Å². The predicted octanol–water partition coefficient (Wildman–Crippen LogP) is 0.626. The fraction of sp³-hybridized carbons (Fsp3) is 0.667. The second-order valence-corrected chi connectivity index (χ2v) is 4.92. The maximum absolute atomic E-state index is 10.3. The first-order chi connectivity index (χ1) is 9.15. The SMILES string of the molecule is COCc1nc(NN)cc(NCC2(O)CCCC2)n1. The molecule has 19 heavy (non-hydrogen) atoms. The molecular formula is C12H21N5O2. The van der Waals surface area contributed by atoms with E-state index in [4.69, 9.17) is 10.6 Å². The molecular weight excluding hydrogens is 246 g/mol. The summed E-state index contributed by atoms with van der Waals surface area (Å²) in [6, 6.07) is 1.71. The summed E-state index contributed by atoms with van der Waals surface area (Å²) >= 11 is 0. The molecule has 0 bridgehead atoms. The van der Waals surface area contributed by atoms with Crippen LogP contribution in [-0.2, 0) is 11.3 Å². The fourth-order valence-electron chi connectivity index (χ4n) is 2.32. The molecule has 0 radical (unpaired) electrons. The van der Waals surface area contributed by atoms with Gasteiger partial charge in [-0.15, -0.1) is 0 Å². The highest BCUT2D eigenvalue weighted by Crippen LogP contribution is 2.29. The molecule has 5 N–H and O–H groups in total. The Morgan fingerprint density at radius 2 is 2.05 bits per heavy atom. The molecule has 0 aliphatic heterocycles. The molecule has 0 aromatic carbocycles. The normalized spacial score (nSPS) is 17.4. The molecule has 0 unspecified atom stereocenters. The highest BCUT2D eigenvalue weighted by Gasteiger charge is 2.30. The van der Waals surface area contributed by atoms with E-state index in [2.05, 4.69) is 20.7 Å². The summed E-state index contributed by atoms with van der Waals surface area (Å²) in [6.07, 6.45) is 3.81. The Labute approximate surface area is 112 Å². The largest absolute Gasteiger partial charge is 0.388 e. The highest BCUT2D eigenvalue weighted by atomic mass is 16.5. The van der Waals surface area contributed by atoms with Crippen LogP contribution in [0.15, 0.2) is 6.07 Å². The van der Waals surface area contributed by atoms with Crippen molar-refractivity contribution < 1.29 is 9.84 Å². The summed E-state index contributed by atoms with van der Waals surface area (Å²) in [5, 5.41) is 13.4. The molecule has 1 fully saturated rings. The smallest absolute Gasteiger partial charge is 0.158 e. The number of rotatable bonds is 6. The van der Waals surface area contributed by atoms with Crippen molar-refractivity contribution in [2.45, 2.75) is 37.9 Å². The molecule has 1 saturated carbocycles. The third-order valence-corrected chi connectivity index (χ3v) is 3.33. The molecule has 7 heteroatoms. The van der Waals surface area contributed by atoms with E-state index >= 15 is 0 Å². The van der Waals surface area contributed by atoms with Crippen molar-refractivity contribution in [1.29, 1.82) is 0 Å². The van der Waals surface area contributed by atoms with E-state index in [1.165, 1.54) is 0 Å². The molecule has 0 spiro atoms. The van der Waals surface area contributed by atoms with Gasteiger partial charge in [-0.2, -0.15) is 0 Å². The topological polar surface area (TPSA) is 105 Å². The van der Waals surface area contributed by atoms with Gasteiger partial charge in [0.25, 0.3) is 0 Å². The Kier molecular flexibility index (Phi) is 4.52. The van der Waals surface area contributed by atoms with Gasteiger partial charge < -0.3 is 20.6 Å². The number of methoxy groups -OCH3 is 1. The number of nitrogens with one attached hydrogen (secondary N) is 2. The first-order valence-electron chi connectivity index (χ1n) is 6.45. The standard InChI is InChI=1S/C12H21N5O2/c1-19-7-11-15-9(6-10(16-11)17-13)14-8-12(18)4-2-3-5-12/h6,18H,2-5,7-8,13H2,1H3,(H2,14,15,16,17). The number of aromatic nitrogens is 2. The number of hydrogen-bond donors (Lipinski definition) is 4. The summed E-state index contributed by atoms with van der Waals surface area (Å²) < 4.78 is 5.01. The maximum Gasteiger partial charge on any atom is 0.158 e. The van der Waals surface area contributed by atoms with Crippen molar-refractivity contribution in [3.8, 4) is 0 Å². The highest BCUT2D eigenvalue weighted by molar-refractivity contribution is 5.47. The molecule has 1 aliphatic rings. The van der Waals surface area contributed by atoms with Crippen LogP contribution in [-0.4, -0.2) is 34.3 Å². The Bertz CT molecular complexity index is 421. The van der Waals surface area contributed by atoms with E-state index < -0.39 is 5.60 Å². The zero-order chi connectivity index (χ0) is 13.7. The van der Waals surface area contributed by atoms with Gasteiger partial charge in [0.2, 0.25) is 0 Å². The van der Waals surface area contributed by atoms with Gasteiger partial charge in [-0.3, -0.25) is 0 Å². The van der Waals surface area contributed by atoms with Gasteiger partial charge in [-0.25, -0.2) is 15.8 Å². The number of hydrogen-bond acceptors (Lipinski definition) is 7. The Balaban J connectivity index is 2.04. The molecule has 0 atom stereocenters. The predicted molar refractivity (Wildman–Crippen MR) is 72.5 cm³/mol. The van der Waals surface area contributed by atoms with Crippen molar-refractivity contribution in [3.63, 3.8) is 0 Å². The molecule has 0 amide bonds. The first kappa shape index (κ1) is 14.0. The van der Waals surface area contributed by atoms with Crippen LogP contribution in [0.3, 0.4) is 0 Å². The van der Waals surface area contributed by atoms with E-state index in [0.717, 1.165) is 25.7 Å². The van der Waals surface area contributed by atoms with Gasteiger partial charge in [0.15, 0.2) is 5.82 Å². The Morgan fingerprint density at radius 1 is 1.37 bits per heavy atom. The average Bonchev–Trinajstić information content (AvgIpc) is 2.84. The molecule has 0 saturated heterocycles. The Hall–Kier alpha value is -1.44. The van der Waals surface area contributed by atoms with Crippen molar-refractivity contribution in [2.75, 3.05) is 24.4 Å². The number of ether oxygens (including phenoxy) is 1. The van der Waals surface area contributed by atoms with Crippen molar-refractivity contribution in [3.05, 3.63) is 11.9 Å². The number of aliphatic hydroxyl groups is 1. The molecule has 1 aliphatic carbocycles. The lowest BCUT2D eigenvalue weighted by atomic mass is 10.0. The van der Waals surface area contributed by atoms with E-state index in [0.29, 0.717) is 30.6 Å². The van der Waals surface area contributed by atoms with Crippen LogP contribution >= 0.6 is 0 Å². The minimum absolute atomic E-state index is 0.314. The van der Waals surface area contributed by atoms with E-state index in [9.17, 15) is 5.11 Å². The Morgan fingerprint density at radius 3 is 2.68 bits per heavy atom. The van der Waals surface area contributed by atoms with Crippen LogP contribution in [0.4, 0.5) is 11.6 Å². The summed E-state index contributed by atoms with van der Waals surface area (Å²) in [5.74, 6) is 7.06. The number of nitrogen functional groups attached to an aromatic ring is 1. The van der Waals surface area contributed by atoms with Gasteiger partial charge in [-0.1, -0.05) is 12.8 Å². The molecule has 1 aromatic heterocycles. The van der Waals surface area contributed by atoms with Crippen molar-refractivity contribution in [1.82, 2.24) is 9.97 Å². The van der Waals surface area contributed by atoms with E-state index in [-0.39, 0.29) is 0 Å². The van der Waals surface area contributed by atoms with Crippen LogP contribution < -0.4 is 16.6 Å². The van der Waals surface area contributed by atoms with Gasteiger partial charge >= 0.3 is 0 Å². The van der Waals surface area contributed by atoms with Gasteiger partial charge in [0.05, 0.1) is 5.60 Å². The van der Waals surface area contributed by atoms with Gasteiger partial charge in [-0.05, 0) is 12.8 Å². The zero-order valence-electron chi connectivity index (χ0n) is 11.1. The van der Waals surface area contributed by atoms with E-state index in [1.54, 1.807) is 13.2 Å². The van der Waals surface area contributed by atoms with E-state index in [1.807, 2.05) is 0 Å². The third kappa shape index (κ3) is 3.76. The lowest BCUT2D eigenvalue weighted by molar-refractivity contribution is 0.0614. The fourth-order valence-corrected chi connectivity index (χ4v) is 2.32. The van der Waals surface area contributed by atoms with Crippen molar-refractivity contribution >= 4 is 11.6 Å². The average molecular weight is 267 g/mol. The zero-order valence-corrected chi connectivity index (χ0v) is 11.1. The monoisotopic (exact) mass is 267 g/mol. The summed E-state index contributed by atoms with van der Waals surface area (Å²) in [6.45, 7) is 0.801. The van der Waals surface area contributed by atoms with Crippen LogP contribution in [0.25, 0.3) is 0 Å². The van der Waals surface area contributed by atoms with Crippen LogP contribution in [0.5, 0.6) is 0 Å². The number of anilines is 2.